The van der Waals surface area contributed by atoms with E-state index in [4.69, 9.17) is 4.74 Å². The van der Waals surface area contributed by atoms with Crippen LogP contribution in [-0.2, 0) is 20.7 Å². The second-order valence-corrected chi connectivity index (χ2v) is 10.0. The van der Waals surface area contributed by atoms with Gasteiger partial charge >= 0.3 is 5.97 Å². The molecule has 0 fully saturated rings. The molecule has 1 N–H and O–H groups in total. The normalized spacial score (nSPS) is 13.7. The van der Waals surface area contributed by atoms with Crippen molar-refractivity contribution >= 4 is 29.1 Å². The van der Waals surface area contributed by atoms with Crippen LogP contribution in [0.1, 0.15) is 81.2 Å². The van der Waals surface area contributed by atoms with E-state index >= 15 is 0 Å². The van der Waals surface area contributed by atoms with Gasteiger partial charge in [-0.25, -0.2) is 4.98 Å². The molecule has 0 saturated heterocycles. The van der Waals surface area contributed by atoms with Gasteiger partial charge in [-0.05, 0) is 11.8 Å². The molecule has 2 rings (SSSR count). The molecule has 2 heterocycles. The molecule has 0 aliphatic heterocycles. The van der Waals surface area contributed by atoms with E-state index in [0.717, 1.165) is 12.1 Å². The van der Waals surface area contributed by atoms with Crippen molar-refractivity contribution in [1.29, 1.82) is 0 Å². The number of rotatable bonds is 13. The van der Waals surface area contributed by atoms with E-state index in [1.54, 1.807) is 35.9 Å². The van der Waals surface area contributed by atoms with Crippen LogP contribution in [0.2, 0.25) is 0 Å². The molecule has 35 heavy (non-hydrogen) atoms. The molecule has 0 unspecified atom stereocenters. The van der Waals surface area contributed by atoms with E-state index in [1.807, 2.05) is 13.8 Å². The lowest BCUT2D eigenvalue weighted by Gasteiger charge is -2.34. The monoisotopic (exact) mass is 503 g/mol. The largest absolute Gasteiger partial charge is 0.455 e. The van der Waals surface area contributed by atoms with Crippen LogP contribution in [0.4, 0.5) is 0 Å². The molecule has 2 aromatic heterocycles. The predicted octanol–water partition coefficient (Wildman–Crippen LogP) is 3.82. The van der Waals surface area contributed by atoms with Gasteiger partial charge in [0.25, 0.3) is 5.91 Å². The summed E-state index contributed by atoms with van der Waals surface area (Å²) in [6, 6.07) is -0.149. The molecule has 192 valence electrons. The third kappa shape index (κ3) is 9.01. The van der Waals surface area contributed by atoms with Crippen LogP contribution in [0.25, 0.3) is 0 Å². The van der Waals surface area contributed by atoms with Gasteiger partial charge in [0.2, 0.25) is 5.91 Å². The van der Waals surface area contributed by atoms with Gasteiger partial charge in [-0.15, -0.1) is 11.3 Å². The topological polar surface area (TPSA) is 114 Å². The molecule has 0 saturated carbocycles. The maximum absolute atomic E-state index is 12.8. The number of nitrogens with zero attached hydrogens (tertiary/aromatic N) is 4. The number of ether oxygens (including phenoxy) is 1. The Morgan fingerprint density at radius 3 is 2.54 bits per heavy atom. The summed E-state index contributed by atoms with van der Waals surface area (Å²) < 4.78 is 5.61. The highest BCUT2D eigenvalue weighted by atomic mass is 32.1. The first kappa shape index (κ1) is 28.4. The summed E-state index contributed by atoms with van der Waals surface area (Å²) in [6.45, 7) is 9.97. The molecule has 0 bridgehead atoms. The van der Waals surface area contributed by atoms with Crippen molar-refractivity contribution in [2.75, 3.05) is 13.6 Å². The van der Waals surface area contributed by atoms with E-state index in [0.29, 0.717) is 36.7 Å². The van der Waals surface area contributed by atoms with Crippen LogP contribution in [0.3, 0.4) is 0 Å². The number of thiazole rings is 1. The summed E-state index contributed by atoms with van der Waals surface area (Å²) in [6.07, 6.45) is 6.59. The maximum Gasteiger partial charge on any atom is 0.303 e. The minimum atomic E-state index is -0.648. The number of aromatic nitrogens is 3. The van der Waals surface area contributed by atoms with Crippen molar-refractivity contribution in [3.8, 4) is 0 Å². The highest BCUT2D eigenvalue weighted by Gasteiger charge is 2.31. The van der Waals surface area contributed by atoms with Crippen molar-refractivity contribution in [3.05, 3.63) is 40.4 Å². The summed E-state index contributed by atoms with van der Waals surface area (Å²) in [7, 11) is 1.80. The van der Waals surface area contributed by atoms with Crippen LogP contribution in [0.15, 0.2) is 24.0 Å². The number of nitrogens with one attached hydrogen (secondary N) is 1. The minimum Gasteiger partial charge on any atom is -0.455 e. The second-order valence-electron chi connectivity index (χ2n) is 9.14. The Kier molecular flexibility index (Phi) is 11.2. The number of hydrogen-bond acceptors (Lipinski definition) is 8. The third-order valence-electron chi connectivity index (χ3n) is 5.96. The molecule has 3 atom stereocenters. The van der Waals surface area contributed by atoms with Gasteiger partial charge in [0.15, 0.2) is 6.10 Å². The lowest BCUT2D eigenvalue weighted by molar-refractivity contribution is -0.148. The Balaban J connectivity index is 2.09. The summed E-state index contributed by atoms with van der Waals surface area (Å²) in [4.78, 5) is 51.7. The summed E-state index contributed by atoms with van der Waals surface area (Å²) >= 11 is 1.27. The van der Waals surface area contributed by atoms with Gasteiger partial charge in [-0.3, -0.25) is 24.4 Å². The third-order valence-corrected chi connectivity index (χ3v) is 6.89. The fraction of sp³-hybridized carbons (Fsp3) is 0.600. The summed E-state index contributed by atoms with van der Waals surface area (Å²) in [5.74, 6) is -0.226. The fourth-order valence-electron chi connectivity index (χ4n) is 3.66. The Morgan fingerprint density at radius 2 is 1.94 bits per heavy atom. The van der Waals surface area contributed by atoms with Crippen molar-refractivity contribution in [3.63, 3.8) is 0 Å². The van der Waals surface area contributed by atoms with Gasteiger partial charge in [0.05, 0.1) is 5.69 Å². The van der Waals surface area contributed by atoms with E-state index in [2.05, 4.69) is 34.1 Å². The minimum absolute atomic E-state index is 0.0712. The van der Waals surface area contributed by atoms with E-state index in [1.165, 1.54) is 18.3 Å². The molecular formula is C25H37N5O4S. The summed E-state index contributed by atoms with van der Waals surface area (Å²) in [5.41, 5.74) is 1.05. The van der Waals surface area contributed by atoms with Gasteiger partial charge in [-0.1, -0.05) is 34.1 Å². The standard InChI is InChI=1S/C25H37N5O4S/c1-7-17(4)12-23(32)30(6)21(16(2)3)13-22(34-18(5)31)25-29-20(15-35-25)24(33)28-9-8-19-14-26-10-11-27-19/h10-11,14-17,21-22H,7-9,12-13H2,1-6H3,(H,28,33)/t17-,21+,22+/m0/s1. The highest BCUT2D eigenvalue weighted by Crippen LogP contribution is 2.30. The number of carbonyl (C=O) groups is 3. The first-order chi connectivity index (χ1) is 16.6. The number of carbonyl (C=O) groups excluding carboxylic acids is 3. The zero-order chi connectivity index (χ0) is 26.0. The zero-order valence-electron chi connectivity index (χ0n) is 21.5. The Labute approximate surface area is 211 Å². The quantitative estimate of drug-likeness (QED) is 0.413. The lowest BCUT2D eigenvalue weighted by atomic mass is 9.95. The van der Waals surface area contributed by atoms with Crippen LogP contribution in [-0.4, -0.2) is 57.3 Å². The zero-order valence-corrected chi connectivity index (χ0v) is 22.3. The van der Waals surface area contributed by atoms with Gasteiger partial charge < -0.3 is 15.0 Å². The second kappa shape index (κ2) is 13.9. The average Bonchev–Trinajstić information content (AvgIpc) is 3.31. The first-order valence-corrected chi connectivity index (χ1v) is 12.9. The van der Waals surface area contributed by atoms with Crippen LogP contribution in [0, 0.1) is 11.8 Å². The SMILES string of the molecule is CC[C@H](C)CC(=O)N(C)[C@H](C[C@@H](OC(C)=O)c1nc(C(=O)NCCc2cnccn2)cs1)C(C)C. The van der Waals surface area contributed by atoms with Crippen molar-refractivity contribution < 1.29 is 19.1 Å². The first-order valence-electron chi connectivity index (χ1n) is 12.0. The van der Waals surface area contributed by atoms with Gasteiger partial charge in [-0.2, -0.15) is 0 Å². The molecule has 10 heteroatoms. The van der Waals surface area contributed by atoms with Crippen LogP contribution < -0.4 is 5.32 Å². The molecule has 0 radical (unpaired) electrons. The molecule has 0 aliphatic carbocycles. The van der Waals surface area contributed by atoms with Gasteiger partial charge in [0.1, 0.15) is 10.7 Å². The Hall–Kier alpha value is -2.88. The average molecular weight is 504 g/mol. The predicted molar refractivity (Wildman–Crippen MR) is 135 cm³/mol. The van der Waals surface area contributed by atoms with Crippen molar-refractivity contribution in [2.24, 2.45) is 11.8 Å². The van der Waals surface area contributed by atoms with E-state index < -0.39 is 12.1 Å². The highest BCUT2D eigenvalue weighted by molar-refractivity contribution is 7.09. The van der Waals surface area contributed by atoms with Crippen molar-refractivity contribution in [1.82, 2.24) is 25.2 Å². The fourth-order valence-corrected chi connectivity index (χ4v) is 4.50. The van der Waals surface area contributed by atoms with Crippen molar-refractivity contribution in [2.45, 2.75) is 72.4 Å². The molecule has 0 aliphatic rings. The molecule has 0 aromatic carbocycles. The summed E-state index contributed by atoms with van der Waals surface area (Å²) in [5, 5.41) is 5.03. The molecule has 0 spiro atoms. The molecule has 2 amide bonds. The Bertz CT molecular complexity index is 966. The van der Waals surface area contributed by atoms with Crippen LogP contribution >= 0.6 is 11.3 Å². The molecular weight excluding hydrogens is 466 g/mol. The van der Waals surface area contributed by atoms with Gasteiger partial charge in [0, 0.05) is 69.8 Å². The van der Waals surface area contributed by atoms with E-state index in [-0.39, 0.29) is 29.5 Å². The van der Waals surface area contributed by atoms with E-state index in [9.17, 15) is 14.4 Å². The smallest absolute Gasteiger partial charge is 0.303 e. The lowest BCUT2D eigenvalue weighted by Crippen LogP contribution is -2.42. The number of amides is 2. The van der Waals surface area contributed by atoms with Crippen LogP contribution in [0.5, 0.6) is 0 Å². The number of hydrogen-bond donors (Lipinski definition) is 1. The Morgan fingerprint density at radius 1 is 1.20 bits per heavy atom. The number of esters is 1. The molecule has 9 nitrogen and oxygen atoms in total. The maximum atomic E-state index is 12.8. The molecule has 2 aromatic rings.